The number of aromatic nitrogens is 1. The smallest absolute Gasteiger partial charge is 0.129 e. The van der Waals surface area contributed by atoms with Crippen molar-refractivity contribution in [2.75, 3.05) is 13.2 Å². The first-order chi connectivity index (χ1) is 9.34. The molecule has 2 rings (SSSR count). The van der Waals surface area contributed by atoms with E-state index in [2.05, 4.69) is 22.4 Å². The van der Waals surface area contributed by atoms with E-state index >= 15 is 0 Å². The summed E-state index contributed by atoms with van der Waals surface area (Å²) in [7, 11) is 0. The fraction of sp³-hybridized carbons (Fsp3) is 0.400. The Hall–Kier alpha value is -1.65. The summed E-state index contributed by atoms with van der Waals surface area (Å²) >= 11 is 0. The summed E-state index contributed by atoms with van der Waals surface area (Å²) in [5.74, 6) is 0.872. The van der Waals surface area contributed by atoms with Crippen LogP contribution in [0.3, 0.4) is 0 Å². The molecule has 4 nitrogen and oxygen atoms in total. The maximum atomic E-state index is 5.50. The Bertz CT molecular complexity index is 452. The molecule has 0 saturated carbocycles. The lowest BCUT2D eigenvalue weighted by Crippen LogP contribution is -2.17. The summed E-state index contributed by atoms with van der Waals surface area (Å²) < 4.78 is 10.7. The van der Waals surface area contributed by atoms with Crippen molar-refractivity contribution in [2.45, 2.75) is 26.5 Å². The van der Waals surface area contributed by atoms with Gasteiger partial charge in [0.25, 0.3) is 0 Å². The first-order valence-electron chi connectivity index (χ1n) is 6.57. The predicted octanol–water partition coefficient (Wildman–Crippen LogP) is 2.68. The van der Waals surface area contributed by atoms with Crippen LogP contribution in [0.5, 0.6) is 0 Å². The molecule has 0 unspecified atom stereocenters. The summed E-state index contributed by atoms with van der Waals surface area (Å²) in [6.45, 7) is 5.05. The van der Waals surface area contributed by atoms with Crippen molar-refractivity contribution in [1.29, 1.82) is 0 Å². The fourth-order valence-corrected chi connectivity index (χ4v) is 1.69. The first kappa shape index (κ1) is 13.8. The predicted molar refractivity (Wildman–Crippen MR) is 73.7 cm³/mol. The molecule has 0 aromatic carbocycles. The van der Waals surface area contributed by atoms with Gasteiger partial charge in [-0.3, -0.25) is 4.98 Å². The van der Waals surface area contributed by atoms with Crippen molar-refractivity contribution in [1.82, 2.24) is 10.3 Å². The summed E-state index contributed by atoms with van der Waals surface area (Å²) in [5.41, 5.74) is 2.26. The van der Waals surface area contributed by atoms with Gasteiger partial charge in [-0.2, -0.15) is 0 Å². The Morgan fingerprint density at radius 1 is 1.32 bits per heavy atom. The van der Waals surface area contributed by atoms with Crippen LogP contribution in [0.4, 0.5) is 0 Å². The molecule has 0 fully saturated rings. The van der Waals surface area contributed by atoms with E-state index in [-0.39, 0.29) is 0 Å². The van der Waals surface area contributed by atoms with E-state index < -0.39 is 0 Å². The number of hydrogen-bond acceptors (Lipinski definition) is 4. The average Bonchev–Trinajstić information content (AvgIpc) is 2.93. The standard InChI is InChI=1S/C15H20N2O2/c1-13-5-6-14(17-10-13)11-16-7-3-8-18-12-15-4-2-9-19-15/h2,4-6,9-10,16H,3,7-8,11-12H2,1H3. The Labute approximate surface area is 113 Å². The van der Waals surface area contributed by atoms with Gasteiger partial charge in [-0.25, -0.2) is 0 Å². The van der Waals surface area contributed by atoms with Gasteiger partial charge in [0.2, 0.25) is 0 Å². The van der Waals surface area contributed by atoms with Crippen LogP contribution < -0.4 is 5.32 Å². The van der Waals surface area contributed by atoms with Crippen LogP contribution in [0.2, 0.25) is 0 Å². The molecule has 0 radical (unpaired) electrons. The van der Waals surface area contributed by atoms with Crippen LogP contribution in [-0.2, 0) is 17.9 Å². The van der Waals surface area contributed by atoms with Crippen LogP contribution in [0, 0.1) is 6.92 Å². The highest BCUT2D eigenvalue weighted by Gasteiger charge is 1.96. The minimum Gasteiger partial charge on any atom is -0.467 e. The molecule has 1 N–H and O–H groups in total. The molecule has 2 aromatic heterocycles. The molecule has 0 amide bonds. The van der Waals surface area contributed by atoms with E-state index in [0.717, 1.165) is 37.6 Å². The Balaban J connectivity index is 1.49. The third kappa shape index (κ3) is 5.24. The normalized spacial score (nSPS) is 10.8. The second-order valence-corrected chi connectivity index (χ2v) is 4.49. The van der Waals surface area contributed by atoms with E-state index in [4.69, 9.17) is 9.15 Å². The summed E-state index contributed by atoms with van der Waals surface area (Å²) in [5, 5.41) is 3.35. The second kappa shape index (κ2) is 7.71. The van der Waals surface area contributed by atoms with Crippen molar-refractivity contribution < 1.29 is 9.15 Å². The topological polar surface area (TPSA) is 47.3 Å². The fourth-order valence-electron chi connectivity index (χ4n) is 1.69. The number of furan rings is 1. The van der Waals surface area contributed by atoms with Crippen LogP contribution >= 0.6 is 0 Å². The van der Waals surface area contributed by atoms with Crippen molar-refractivity contribution in [3.63, 3.8) is 0 Å². The zero-order valence-corrected chi connectivity index (χ0v) is 11.3. The van der Waals surface area contributed by atoms with E-state index in [1.165, 1.54) is 5.56 Å². The van der Waals surface area contributed by atoms with Gasteiger partial charge in [0.05, 0.1) is 12.0 Å². The Morgan fingerprint density at radius 2 is 2.26 bits per heavy atom. The Morgan fingerprint density at radius 3 is 3.00 bits per heavy atom. The molecule has 0 saturated heterocycles. The zero-order chi connectivity index (χ0) is 13.3. The van der Waals surface area contributed by atoms with Crippen LogP contribution in [0.15, 0.2) is 41.1 Å². The van der Waals surface area contributed by atoms with Crippen LogP contribution in [0.1, 0.15) is 23.4 Å². The molecule has 2 heterocycles. The summed E-state index contributed by atoms with van der Waals surface area (Å²) in [6, 6.07) is 7.92. The molecule has 0 aliphatic heterocycles. The third-order valence-corrected chi connectivity index (χ3v) is 2.75. The molecule has 4 heteroatoms. The SMILES string of the molecule is Cc1ccc(CNCCCOCc2ccco2)nc1. The molecular formula is C15H20N2O2. The number of aryl methyl sites for hydroxylation is 1. The molecular weight excluding hydrogens is 240 g/mol. The molecule has 0 aliphatic rings. The van der Waals surface area contributed by atoms with Crippen molar-refractivity contribution >= 4 is 0 Å². The Kier molecular flexibility index (Phi) is 5.59. The van der Waals surface area contributed by atoms with Gasteiger partial charge in [0, 0.05) is 19.3 Å². The molecule has 102 valence electrons. The number of ether oxygens (including phenoxy) is 1. The van der Waals surface area contributed by atoms with Crippen molar-refractivity contribution in [3.8, 4) is 0 Å². The van der Waals surface area contributed by atoms with Gasteiger partial charge < -0.3 is 14.5 Å². The summed E-state index contributed by atoms with van der Waals surface area (Å²) in [6.07, 6.45) is 4.53. The average molecular weight is 260 g/mol. The van der Waals surface area contributed by atoms with Crippen molar-refractivity contribution in [3.05, 3.63) is 53.7 Å². The van der Waals surface area contributed by atoms with E-state index in [1.807, 2.05) is 25.3 Å². The zero-order valence-electron chi connectivity index (χ0n) is 11.3. The largest absolute Gasteiger partial charge is 0.467 e. The monoisotopic (exact) mass is 260 g/mol. The lowest BCUT2D eigenvalue weighted by Gasteiger charge is -2.05. The van der Waals surface area contributed by atoms with Crippen LogP contribution in [0.25, 0.3) is 0 Å². The quantitative estimate of drug-likeness (QED) is 0.741. The van der Waals surface area contributed by atoms with Gasteiger partial charge in [0.1, 0.15) is 12.4 Å². The van der Waals surface area contributed by atoms with Crippen LogP contribution in [-0.4, -0.2) is 18.1 Å². The lowest BCUT2D eigenvalue weighted by atomic mass is 10.3. The van der Waals surface area contributed by atoms with Gasteiger partial charge in [-0.05, 0) is 43.7 Å². The number of rotatable bonds is 8. The first-order valence-corrected chi connectivity index (χ1v) is 6.57. The molecule has 2 aromatic rings. The number of nitrogens with zero attached hydrogens (tertiary/aromatic N) is 1. The molecule has 0 spiro atoms. The van der Waals surface area contributed by atoms with Gasteiger partial charge >= 0.3 is 0 Å². The van der Waals surface area contributed by atoms with E-state index in [1.54, 1.807) is 6.26 Å². The minimum absolute atomic E-state index is 0.548. The molecule has 19 heavy (non-hydrogen) atoms. The third-order valence-electron chi connectivity index (χ3n) is 2.75. The maximum Gasteiger partial charge on any atom is 0.129 e. The molecule has 0 bridgehead atoms. The number of hydrogen-bond donors (Lipinski definition) is 1. The highest BCUT2D eigenvalue weighted by atomic mass is 16.5. The number of pyridine rings is 1. The highest BCUT2D eigenvalue weighted by Crippen LogP contribution is 2.02. The van der Waals surface area contributed by atoms with E-state index in [0.29, 0.717) is 6.61 Å². The maximum absolute atomic E-state index is 5.50. The van der Waals surface area contributed by atoms with Gasteiger partial charge in [-0.1, -0.05) is 6.07 Å². The van der Waals surface area contributed by atoms with Gasteiger partial charge in [-0.15, -0.1) is 0 Å². The van der Waals surface area contributed by atoms with E-state index in [9.17, 15) is 0 Å². The highest BCUT2D eigenvalue weighted by molar-refractivity contribution is 5.11. The minimum atomic E-state index is 0.548. The lowest BCUT2D eigenvalue weighted by molar-refractivity contribution is 0.104. The van der Waals surface area contributed by atoms with Crippen molar-refractivity contribution in [2.24, 2.45) is 0 Å². The summed E-state index contributed by atoms with van der Waals surface area (Å²) in [4.78, 5) is 4.34. The molecule has 0 aliphatic carbocycles. The second-order valence-electron chi connectivity index (χ2n) is 4.49. The molecule has 0 atom stereocenters. The number of nitrogens with one attached hydrogen (secondary N) is 1. The van der Waals surface area contributed by atoms with Gasteiger partial charge in [0.15, 0.2) is 0 Å².